The highest BCUT2D eigenvalue weighted by molar-refractivity contribution is 5.77. The predicted molar refractivity (Wildman–Crippen MR) is 142 cm³/mol. The zero-order valence-corrected chi connectivity index (χ0v) is 21.2. The second kappa shape index (κ2) is 13.2. The van der Waals surface area contributed by atoms with E-state index < -0.39 is 0 Å². The van der Waals surface area contributed by atoms with Crippen molar-refractivity contribution in [2.24, 2.45) is 0 Å². The molecule has 0 N–H and O–H groups in total. The molecule has 182 valence electrons. The first kappa shape index (κ1) is 25.8. The van der Waals surface area contributed by atoms with Crippen molar-refractivity contribution in [3.05, 3.63) is 90.3 Å². The highest BCUT2D eigenvalue weighted by Crippen LogP contribution is 2.22. The molecule has 4 aromatic rings. The zero-order valence-electron chi connectivity index (χ0n) is 21.2. The predicted octanol–water partition coefficient (Wildman–Crippen LogP) is 5.96. The van der Waals surface area contributed by atoms with E-state index in [1.54, 1.807) is 4.68 Å². The summed E-state index contributed by atoms with van der Waals surface area (Å²) in [5, 5.41) is 4.66. The molecule has 1 amide bonds. The van der Waals surface area contributed by atoms with Crippen LogP contribution in [0.15, 0.2) is 79.0 Å². The molecule has 0 radical (unpaired) electrons. The van der Waals surface area contributed by atoms with Crippen molar-refractivity contribution in [2.75, 3.05) is 13.1 Å². The summed E-state index contributed by atoms with van der Waals surface area (Å²) in [5.41, 5.74) is 4.26. The van der Waals surface area contributed by atoms with Crippen LogP contribution in [0.5, 0.6) is 0 Å². The lowest BCUT2D eigenvalue weighted by atomic mass is 10.2. The van der Waals surface area contributed by atoms with Gasteiger partial charge >= 0.3 is 0 Å². The molecule has 2 aromatic heterocycles. The standard InChI is InChI=1S/C22H26N4O.C7H9N/c1-3-15-25(16-4-2)20(27)17-26-22(19-13-9-6-10-14-19)23-21(24-26)18-11-7-5-8-12-18;1-6-3-4-8-7(2)5-6/h5-14H,3-4,15-17H2,1-2H3;3-5H,1-2H3. The average molecular weight is 470 g/mol. The third-order valence-corrected chi connectivity index (χ3v) is 5.41. The monoisotopic (exact) mass is 469 g/mol. The van der Waals surface area contributed by atoms with Crippen molar-refractivity contribution in [1.29, 1.82) is 0 Å². The highest BCUT2D eigenvalue weighted by atomic mass is 16.2. The Morgan fingerprint density at radius 2 is 1.46 bits per heavy atom. The van der Waals surface area contributed by atoms with E-state index in [-0.39, 0.29) is 12.5 Å². The number of nitrogens with zero attached hydrogens (tertiary/aromatic N) is 5. The maximum absolute atomic E-state index is 12.9. The van der Waals surface area contributed by atoms with Crippen molar-refractivity contribution in [3.8, 4) is 22.8 Å². The summed E-state index contributed by atoms with van der Waals surface area (Å²) in [6.45, 7) is 9.98. The number of hydrogen-bond acceptors (Lipinski definition) is 4. The Hall–Kier alpha value is -3.80. The molecule has 0 bridgehead atoms. The molecule has 6 nitrogen and oxygen atoms in total. The van der Waals surface area contributed by atoms with Crippen molar-refractivity contribution < 1.29 is 4.79 Å². The van der Waals surface area contributed by atoms with Crippen LogP contribution in [0.4, 0.5) is 0 Å². The summed E-state index contributed by atoms with van der Waals surface area (Å²) >= 11 is 0. The molecule has 0 saturated heterocycles. The SMILES string of the molecule is CCCN(CCC)C(=O)Cn1nc(-c2ccccc2)nc1-c1ccccc1.Cc1ccnc(C)c1. The molecular weight excluding hydrogens is 434 g/mol. The molecule has 0 aliphatic rings. The Labute approximate surface area is 208 Å². The van der Waals surface area contributed by atoms with Crippen LogP contribution in [0.3, 0.4) is 0 Å². The Morgan fingerprint density at radius 3 is 1.97 bits per heavy atom. The van der Waals surface area contributed by atoms with Crippen LogP contribution in [0.2, 0.25) is 0 Å². The van der Waals surface area contributed by atoms with Gasteiger partial charge in [0.1, 0.15) is 6.54 Å². The molecule has 0 unspecified atom stereocenters. The molecule has 2 aromatic carbocycles. The number of hydrogen-bond donors (Lipinski definition) is 0. The fraction of sp³-hybridized carbons (Fsp3) is 0.310. The Bertz CT molecular complexity index is 1160. The van der Waals surface area contributed by atoms with Crippen LogP contribution in [0, 0.1) is 13.8 Å². The largest absolute Gasteiger partial charge is 0.341 e. The zero-order chi connectivity index (χ0) is 25.0. The smallest absolute Gasteiger partial charge is 0.244 e. The average Bonchev–Trinajstić information content (AvgIpc) is 3.29. The van der Waals surface area contributed by atoms with E-state index in [1.165, 1.54) is 5.56 Å². The normalized spacial score (nSPS) is 10.4. The third kappa shape index (κ3) is 7.60. The van der Waals surface area contributed by atoms with Crippen molar-refractivity contribution in [2.45, 2.75) is 47.1 Å². The Balaban J connectivity index is 0.000000363. The van der Waals surface area contributed by atoms with Crippen LogP contribution in [-0.4, -0.2) is 43.6 Å². The van der Waals surface area contributed by atoms with Gasteiger partial charge in [-0.1, -0.05) is 74.5 Å². The van der Waals surface area contributed by atoms with E-state index in [1.807, 2.05) is 84.8 Å². The van der Waals surface area contributed by atoms with Gasteiger partial charge in [0.15, 0.2) is 11.6 Å². The topological polar surface area (TPSA) is 63.9 Å². The number of aryl methyl sites for hydroxylation is 2. The minimum absolute atomic E-state index is 0.0837. The summed E-state index contributed by atoms with van der Waals surface area (Å²) in [6.07, 6.45) is 3.72. The number of rotatable bonds is 8. The Morgan fingerprint density at radius 1 is 0.857 bits per heavy atom. The minimum atomic E-state index is 0.0837. The first-order valence-electron chi connectivity index (χ1n) is 12.2. The van der Waals surface area contributed by atoms with Crippen LogP contribution < -0.4 is 0 Å². The summed E-state index contributed by atoms with van der Waals surface area (Å²) in [6, 6.07) is 23.8. The summed E-state index contributed by atoms with van der Waals surface area (Å²) in [4.78, 5) is 23.6. The van der Waals surface area contributed by atoms with Crippen LogP contribution >= 0.6 is 0 Å². The van der Waals surface area contributed by atoms with Gasteiger partial charge in [-0.05, 0) is 44.4 Å². The van der Waals surface area contributed by atoms with E-state index >= 15 is 0 Å². The molecule has 6 heteroatoms. The van der Waals surface area contributed by atoms with Gasteiger partial charge in [-0.25, -0.2) is 9.67 Å². The maximum Gasteiger partial charge on any atom is 0.244 e. The molecule has 0 saturated carbocycles. The number of carbonyl (C=O) groups excluding carboxylic acids is 1. The van der Waals surface area contributed by atoms with Gasteiger partial charge in [0.05, 0.1) is 0 Å². The van der Waals surface area contributed by atoms with Gasteiger partial charge in [0, 0.05) is 36.1 Å². The second-order valence-corrected chi connectivity index (χ2v) is 8.50. The number of aromatic nitrogens is 4. The number of carbonyl (C=O) groups is 1. The molecule has 0 fully saturated rings. The van der Waals surface area contributed by atoms with Crippen molar-refractivity contribution in [1.82, 2.24) is 24.6 Å². The molecular formula is C29H35N5O. The highest BCUT2D eigenvalue weighted by Gasteiger charge is 2.18. The third-order valence-electron chi connectivity index (χ3n) is 5.41. The molecule has 4 rings (SSSR count). The van der Waals surface area contributed by atoms with E-state index in [4.69, 9.17) is 4.98 Å². The lowest BCUT2D eigenvalue weighted by Gasteiger charge is -2.21. The van der Waals surface area contributed by atoms with E-state index in [2.05, 4.69) is 36.9 Å². The lowest BCUT2D eigenvalue weighted by molar-refractivity contribution is -0.132. The fourth-order valence-electron chi connectivity index (χ4n) is 3.78. The van der Waals surface area contributed by atoms with Gasteiger partial charge in [0.25, 0.3) is 0 Å². The summed E-state index contributed by atoms with van der Waals surface area (Å²) in [5.74, 6) is 1.44. The number of amides is 1. The van der Waals surface area contributed by atoms with Gasteiger partial charge in [-0.15, -0.1) is 5.10 Å². The quantitative estimate of drug-likeness (QED) is 0.319. The lowest BCUT2D eigenvalue weighted by Crippen LogP contribution is -2.35. The van der Waals surface area contributed by atoms with Gasteiger partial charge in [-0.3, -0.25) is 9.78 Å². The molecule has 0 spiro atoms. The van der Waals surface area contributed by atoms with Crippen LogP contribution in [0.25, 0.3) is 22.8 Å². The summed E-state index contributed by atoms with van der Waals surface area (Å²) in [7, 11) is 0. The van der Waals surface area contributed by atoms with Gasteiger partial charge < -0.3 is 4.90 Å². The van der Waals surface area contributed by atoms with E-state index in [0.29, 0.717) is 5.82 Å². The molecule has 0 aliphatic carbocycles. The first-order chi connectivity index (χ1) is 17.0. The van der Waals surface area contributed by atoms with E-state index in [0.717, 1.165) is 48.6 Å². The van der Waals surface area contributed by atoms with E-state index in [9.17, 15) is 4.79 Å². The van der Waals surface area contributed by atoms with Crippen molar-refractivity contribution >= 4 is 5.91 Å². The first-order valence-corrected chi connectivity index (χ1v) is 12.2. The van der Waals surface area contributed by atoms with Crippen LogP contribution in [0.1, 0.15) is 37.9 Å². The molecule has 0 aliphatic heterocycles. The second-order valence-electron chi connectivity index (χ2n) is 8.50. The Kier molecular flexibility index (Phi) is 9.72. The fourth-order valence-corrected chi connectivity index (χ4v) is 3.78. The van der Waals surface area contributed by atoms with Crippen LogP contribution in [-0.2, 0) is 11.3 Å². The van der Waals surface area contributed by atoms with Gasteiger partial charge in [0.2, 0.25) is 5.91 Å². The summed E-state index contributed by atoms with van der Waals surface area (Å²) < 4.78 is 1.73. The van der Waals surface area contributed by atoms with Gasteiger partial charge in [-0.2, -0.15) is 0 Å². The molecule has 0 atom stereocenters. The van der Waals surface area contributed by atoms with Crippen molar-refractivity contribution in [3.63, 3.8) is 0 Å². The number of pyridine rings is 1. The molecule has 35 heavy (non-hydrogen) atoms. The molecule has 2 heterocycles. The maximum atomic E-state index is 12.9. The minimum Gasteiger partial charge on any atom is -0.341 e. The number of benzene rings is 2.